The average molecular weight is 347 g/mol. The first-order chi connectivity index (χ1) is 9.11. The van der Waals surface area contributed by atoms with Crippen LogP contribution in [0.5, 0.6) is 0 Å². The van der Waals surface area contributed by atoms with Gasteiger partial charge in [-0.1, -0.05) is 6.92 Å². The lowest BCUT2D eigenvalue weighted by Gasteiger charge is -2.24. The minimum atomic E-state index is -0.0629. The first kappa shape index (κ1) is 15.0. The molecule has 0 bridgehead atoms. The second kappa shape index (κ2) is 6.83. The van der Waals surface area contributed by atoms with Crippen molar-refractivity contribution < 1.29 is 9.53 Å². The number of likely N-dealkylation sites (N-methyl/N-ethyl adjacent to an activating group) is 1. The third-order valence-electron chi connectivity index (χ3n) is 3.28. The number of carbonyl (C=O) groups excluding carboxylic acids is 1. The third-order valence-corrected chi connectivity index (χ3v) is 4.84. The summed E-state index contributed by atoms with van der Waals surface area (Å²) in [6, 6.07) is 2.20. The van der Waals surface area contributed by atoms with Crippen LogP contribution in [-0.2, 0) is 16.1 Å². The minimum Gasteiger partial charge on any atom is -0.379 e. The van der Waals surface area contributed by atoms with Crippen molar-refractivity contribution in [3.8, 4) is 0 Å². The quantitative estimate of drug-likeness (QED) is 0.887. The van der Waals surface area contributed by atoms with Crippen LogP contribution in [0.25, 0.3) is 0 Å². The highest BCUT2D eigenvalue weighted by Crippen LogP contribution is 2.23. The summed E-state index contributed by atoms with van der Waals surface area (Å²) in [5.41, 5.74) is 1.16. The number of ether oxygens (including phenoxy) is 1. The Morgan fingerprint density at radius 1 is 1.63 bits per heavy atom. The molecule has 1 aliphatic heterocycles. The van der Waals surface area contributed by atoms with E-state index in [0.717, 1.165) is 15.9 Å². The second-order valence-electron chi connectivity index (χ2n) is 4.76. The lowest BCUT2D eigenvalue weighted by Crippen LogP contribution is -2.44. The summed E-state index contributed by atoms with van der Waals surface area (Å²) < 4.78 is 6.53. The van der Waals surface area contributed by atoms with Crippen LogP contribution < -0.4 is 5.32 Å². The Labute approximate surface area is 126 Å². The number of amides is 1. The maximum atomic E-state index is 12.4. The molecule has 1 aromatic rings. The first-order valence-electron chi connectivity index (χ1n) is 6.40. The first-order valence-corrected chi connectivity index (χ1v) is 8.08. The highest BCUT2D eigenvalue weighted by molar-refractivity contribution is 9.11. The van der Waals surface area contributed by atoms with Crippen molar-refractivity contribution in [3.63, 3.8) is 0 Å². The molecule has 2 heterocycles. The maximum absolute atomic E-state index is 12.4. The molecule has 2 atom stereocenters. The van der Waals surface area contributed by atoms with Gasteiger partial charge < -0.3 is 15.0 Å². The number of thiophene rings is 1. The van der Waals surface area contributed by atoms with E-state index >= 15 is 0 Å². The number of nitrogens with zero attached hydrogens (tertiary/aromatic N) is 1. The molecule has 0 saturated carbocycles. The molecular weight excluding hydrogens is 328 g/mol. The average Bonchev–Trinajstić information content (AvgIpc) is 2.98. The molecule has 0 aliphatic carbocycles. The van der Waals surface area contributed by atoms with Crippen LogP contribution >= 0.6 is 27.3 Å². The molecule has 1 fully saturated rings. The summed E-state index contributed by atoms with van der Waals surface area (Å²) in [7, 11) is 1.86. The number of halogens is 1. The molecule has 1 saturated heterocycles. The van der Waals surface area contributed by atoms with Crippen LogP contribution in [0.4, 0.5) is 0 Å². The molecule has 0 radical (unpaired) electrons. The molecule has 0 spiro atoms. The van der Waals surface area contributed by atoms with Crippen molar-refractivity contribution in [2.75, 3.05) is 26.8 Å². The van der Waals surface area contributed by atoms with Crippen LogP contribution in [-0.4, -0.2) is 43.7 Å². The van der Waals surface area contributed by atoms with E-state index in [1.165, 1.54) is 0 Å². The highest BCUT2D eigenvalue weighted by Gasteiger charge is 2.35. The molecule has 2 rings (SSSR count). The van der Waals surface area contributed by atoms with Gasteiger partial charge in [0.15, 0.2) is 0 Å². The number of hydrogen-bond acceptors (Lipinski definition) is 4. The molecule has 6 heteroatoms. The Morgan fingerprint density at radius 3 is 3.05 bits per heavy atom. The summed E-state index contributed by atoms with van der Waals surface area (Å²) in [4.78, 5) is 14.2. The van der Waals surface area contributed by atoms with Gasteiger partial charge in [0.2, 0.25) is 5.91 Å². The van der Waals surface area contributed by atoms with Crippen molar-refractivity contribution in [2.24, 2.45) is 5.92 Å². The van der Waals surface area contributed by atoms with E-state index < -0.39 is 0 Å². The van der Waals surface area contributed by atoms with Gasteiger partial charge in [0.25, 0.3) is 0 Å². The van der Waals surface area contributed by atoms with E-state index in [1.54, 1.807) is 16.2 Å². The predicted octanol–water partition coefficient (Wildman–Crippen LogP) is 2.09. The van der Waals surface area contributed by atoms with Gasteiger partial charge in [-0.25, -0.2) is 0 Å². The second-order valence-corrected chi connectivity index (χ2v) is 7.05. The Hall–Kier alpha value is -0.430. The Bertz CT molecular complexity index is 438. The predicted molar refractivity (Wildman–Crippen MR) is 80.3 cm³/mol. The van der Waals surface area contributed by atoms with Gasteiger partial charge in [-0.2, -0.15) is 0 Å². The van der Waals surface area contributed by atoms with E-state index in [-0.39, 0.29) is 17.9 Å². The van der Waals surface area contributed by atoms with E-state index in [2.05, 4.69) is 32.7 Å². The summed E-state index contributed by atoms with van der Waals surface area (Å²) in [6.45, 7) is 4.71. The lowest BCUT2D eigenvalue weighted by molar-refractivity contribution is -0.135. The zero-order chi connectivity index (χ0) is 13.8. The fourth-order valence-corrected chi connectivity index (χ4v) is 3.52. The Kier molecular flexibility index (Phi) is 5.38. The topological polar surface area (TPSA) is 41.6 Å². The van der Waals surface area contributed by atoms with Gasteiger partial charge in [0.05, 0.1) is 22.9 Å². The van der Waals surface area contributed by atoms with Gasteiger partial charge >= 0.3 is 0 Å². The minimum absolute atomic E-state index is 0.0629. The largest absolute Gasteiger partial charge is 0.379 e. The molecular formula is C13H19BrN2O2S. The van der Waals surface area contributed by atoms with Crippen molar-refractivity contribution in [1.82, 2.24) is 10.2 Å². The summed E-state index contributed by atoms with van der Waals surface area (Å²) in [6.07, 6.45) is 0. The van der Waals surface area contributed by atoms with Crippen LogP contribution in [0.15, 0.2) is 15.2 Å². The molecule has 106 valence electrons. The van der Waals surface area contributed by atoms with Crippen LogP contribution in [0.1, 0.15) is 12.5 Å². The maximum Gasteiger partial charge on any atom is 0.229 e. The van der Waals surface area contributed by atoms with Crippen LogP contribution in [0.2, 0.25) is 0 Å². The van der Waals surface area contributed by atoms with Gasteiger partial charge in [-0.15, -0.1) is 11.3 Å². The summed E-state index contributed by atoms with van der Waals surface area (Å²) in [5, 5.41) is 5.39. The monoisotopic (exact) mass is 346 g/mol. The lowest BCUT2D eigenvalue weighted by atomic mass is 10.0. The fourth-order valence-electron chi connectivity index (χ4n) is 2.32. The molecule has 1 aliphatic rings. The normalized spacial score (nSPS) is 22.7. The van der Waals surface area contributed by atoms with Crippen LogP contribution in [0, 0.1) is 5.92 Å². The molecule has 2 unspecified atom stereocenters. The summed E-state index contributed by atoms with van der Waals surface area (Å²) in [5.74, 6) is 0.0952. The summed E-state index contributed by atoms with van der Waals surface area (Å²) >= 11 is 5.08. The molecule has 4 nitrogen and oxygen atoms in total. The van der Waals surface area contributed by atoms with Gasteiger partial charge in [-0.05, 0) is 39.5 Å². The molecule has 1 amide bonds. The van der Waals surface area contributed by atoms with E-state index in [9.17, 15) is 4.79 Å². The van der Waals surface area contributed by atoms with Gasteiger partial charge in [0.1, 0.15) is 0 Å². The van der Waals surface area contributed by atoms with Crippen LogP contribution in [0.3, 0.4) is 0 Å². The standard InChI is InChI=1S/C13H19BrN2O2S/c1-3-15-11-7-18-6-10(11)13(17)16(2)5-9-4-12(14)19-8-9/h4,8,10-11,15H,3,5-7H2,1-2H3. The number of hydrogen-bond donors (Lipinski definition) is 1. The van der Waals surface area contributed by atoms with Gasteiger partial charge in [-0.3, -0.25) is 4.79 Å². The van der Waals surface area contributed by atoms with Gasteiger partial charge in [0, 0.05) is 19.6 Å². The van der Waals surface area contributed by atoms with E-state index in [1.807, 2.05) is 14.0 Å². The zero-order valence-electron chi connectivity index (χ0n) is 11.2. The SMILES string of the molecule is CCNC1COCC1C(=O)N(C)Cc1csc(Br)c1. The number of carbonyl (C=O) groups is 1. The zero-order valence-corrected chi connectivity index (χ0v) is 13.6. The van der Waals surface area contributed by atoms with E-state index in [0.29, 0.717) is 19.8 Å². The molecule has 1 N–H and O–H groups in total. The van der Waals surface area contributed by atoms with Crippen molar-refractivity contribution in [1.29, 1.82) is 0 Å². The molecule has 19 heavy (non-hydrogen) atoms. The van der Waals surface area contributed by atoms with Crippen molar-refractivity contribution >= 4 is 33.2 Å². The highest BCUT2D eigenvalue weighted by atomic mass is 79.9. The molecule has 0 aromatic carbocycles. The molecule has 1 aromatic heterocycles. The fraction of sp³-hybridized carbons (Fsp3) is 0.615. The Morgan fingerprint density at radius 2 is 2.42 bits per heavy atom. The van der Waals surface area contributed by atoms with Crippen molar-refractivity contribution in [2.45, 2.75) is 19.5 Å². The third kappa shape index (κ3) is 3.78. The van der Waals surface area contributed by atoms with E-state index in [4.69, 9.17) is 4.74 Å². The smallest absolute Gasteiger partial charge is 0.229 e. The van der Waals surface area contributed by atoms with Crippen molar-refractivity contribution in [3.05, 3.63) is 20.8 Å². The number of rotatable bonds is 5. The Balaban J connectivity index is 1.94. The number of nitrogens with one attached hydrogen (secondary N) is 1.